The zero-order chi connectivity index (χ0) is 17.9. The van der Waals surface area contributed by atoms with Gasteiger partial charge >= 0.3 is 6.30 Å². The van der Waals surface area contributed by atoms with Crippen LogP contribution in [-0.4, -0.2) is 35.2 Å². The number of hydrogen-bond acceptors (Lipinski definition) is 4. The molecular weight excluding hydrogens is 361 g/mol. The van der Waals surface area contributed by atoms with Gasteiger partial charge in [0.25, 0.3) is 5.91 Å². The van der Waals surface area contributed by atoms with Crippen LogP contribution < -0.4 is 0 Å². The molecule has 0 unspecified atom stereocenters. The van der Waals surface area contributed by atoms with Crippen molar-refractivity contribution in [3.63, 3.8) is 0 Å². The van der Waals surface area contributed by atoms with Gasteiger partial charge in [-0.3, -0.25) is 4.79 Å². The van der Waals surface area contributed by atoms with Crippen molar-refractivity contribution in [1.29, 1.82) is 0 Å². The molecule has 0 aliphatic carbocycles. The van der Waals surface area contributed by atoms with Crippen LogP contribution in [0.15, 0.2) is 18.7 Å². The summed E-state index contributed by atoms with van der Waals surface area (Å²) in [6.07, 6.45) is -1.72. The van der Waals surface area contributed by atoms with Crippen LogP contribution in [0.25, 0.3) is 5.65 Å². The van der Waals surface area contributed by atoms with Crippen LogP contribution in [0.2, 0.25) is 5.02 Å². The zero-order valence-electron chi connectivity index (χ0n) is 12.7. The standard InChI is InChI=1S/C14H10ClF3N6O/c1-7-9-4-22(5-10(9)24-12(11(7)15)19-6-21-24)13(25)8-2-20-23(3-8)14(16,17)18/h2-3,6H,4-5H2,1H3. The van der Waals surface area contributed by atoms with E-state index in [1.807, 2.05) is 6.92 Å². The Hall–Kier alpha value is -2.62. The highest BCUT2D eigenvalue weighted by Crippen LogP contribution is 2.33. The first kappa shape index (κ1) is 15.9. The lowest BCUT2D eigenvalue weighted by Crippen LogP contribution is -2.25. The molecule has 0 aromatic carbocycles. The maximum atomic E-state index is 12.6. The fourth-order valence-corrected chi connectivity index (χ4v) is 3.17. The molecule has 1 aliphatic heterocycles. The van der Waals surface area contributed by atoms with E-state index in [9.17, 15) is 18.0 Å². The molecular formula is C14H10ClF3N6O. The van der Waals surface area contributed by atoms with E-state index in [4.69, 9.17) is 11.6 Å². The summed E-state index contributed by atoms with van der Waals surface area (Å²) in [5.41, 5.74) is 2.69. The van der Waals surface area contributed by atoms with Gasteiger partial charge in [0.1, 0.15) is 6.33 Å². The van der Waals surface area contributed by atoms with Crippen LogP contribution in [0.1, 0.15) is 27.2 Å². The highest BCUT2D eigenvalue weighted by Gasteiger charge is 2.34. The molecule has 0 fully saturated rings. The van der Waals surface area contributed by atoms with Crippen LogP contribution in [0.5, 0.6) is 0 Å². The first-order chi connectivity index (χ1) is 11.8. The summed E-state index contributed by atoms with van der Waals surface area (Å²) in [5, 5.41) is 7.75. The third kappa shape index (κ3) is 2.36. The van der Waals surface area contributed by atoms with Gasteiger partial charge in [-0.2, -0.15) is 14.9 Å². The van der Waals surface area contributed by atoms with Gasteiger partial charge in [0.05, 0.1) is 29.0 Å². The molecule has 3 aromatic heterocycles. The highest BCUT2D eigenvalue weighted by molar-refractivity contribution is 6.34. The second-order valence-corrected chi connectivity index (χ2v) is 6.04. The second-order valence-electron chi connectivity index (χ2n) is 5.66. The van der Waals surface area contributed by atoms with E-state index in [0.717, 1.165) is 23.0 Å². The van der Waals surface area contributed by atoms with Crippen molar-refractivity contribution < 1.29 is 18.0 Å². The molecule has 0 atom stereocenters. The minimum Gasteiger partial charge on any atom is -0.328 e. The Labute approximate surface area is 143 Å². The van der Waals surface area contributed by atoms with Crippen molar-refractivity contribution in [2.45, 2.75) is 26.3 Å². The molecule has 1 aliphatic rings. The molecule has 0 radical (unpaired) electrons. The number of carbonyl (C=O) groups excluding carboxylic acids is 1. The number of carbonyl (C=O) groups is 1. The number of rotatable bonds is 1. The largest absolute Gasteiger partial charge is 0.504 e. The van der Waals surface area contributed by atoms with E-state index in [0.29, 0.717) is 16.9 Å². The number of fused-ring (bicyclic) bond motifs is 3. The number of amides is 1. The normalized spacial score (nSPS) is 14.4. The summed E-state index contributed by atoms with van der Waals surface area (Å²) in [6.45, 7) is 2.24. The van der Waals surface area contributed by atoms with Gasteiger partial charge in [0, 0.05) is 12.7 Å². The molecule has 0 bridgehead atoms. The van der Waals surface area contributed by atoms with E-state index in [-0.39, 0.29) is 23.3 Å². The monoisotopic (exact) mass is 370 g/mol. The van der Waals surface area contributed by atoms with Gasteiger partial charge in [-0.05, 0) is 18.1 Å². The summed E-state index contributed by atoms with van der Waals surface area (Å²) in [7, 11) is 0. The van der Waals surface area contributed by atoms with Crippen molar-refractivity contribution in [3.8, 4) is 0 Å². The van der Waals surface area contributed by atoms with Crippen molar-refractivity contribution in [2.75, 3.05) is 0 Å². The van der Waals surface area contributed by atoms with Gasteiger partial charge in [-0.25, -0.2) is 9.50 Å². The van der Waals surface area contributed by atoms with E-state index >= 15 is 0 Å². The fraction of sp³-hybridized carbons (Fsp3) is 0.286. The van der Waals surface area contributed by atoms with Crippen LogP contribution in [0.4, 0.5) is 13.2 Å². The van der Waals surface area contributed by atoms with Gasteiger partial charge in [-0.15, -0.1) is 13.2 Å². The topological polar surface area (TPSA) is 68.3 Å². The number of nitrogens with zero attached hydrogens (tertiary/aromatic N) is 6. The highest BCUT2D eigenvalue weighted by atomic mass is 35.5. The first-order valence-electron chi connectivity index (χ1n) is 7.18. The van der Waals surface area contributed by atoms with Gasteiger partial charge in [-0.1, -0.05) is 11.6 Å². The van der Waals surface area contributed by atoms with Crippen LogP contribution in [0, 0.1) is 6.92 Å². The van der Waals surface area contributed by atoms with Crippen molar-refractivity contribution in [3.05, 3.63) is 46.1 Å². The van der Waals surface area contributed by atoms with E-state index in [1.165, 1.54) is 11.2 Å². The molecule has 0 spiro atoms. The lowest BCUT2D eigenvalue weighted by Gasteiger charge is -2.13. The lowest BCUT2D eigenvalue weighted by atomic mass is 10.1. The van der Waals surface area contributed by atoms with E-state index in [1.54, 1.807) is 4.52 Å². The first-order valence-corrected chi connectivity index (χ1v) is 7.56. The summed E-state index contributed by atoms with van der Waals surface area (Å²) in [5.74, 6) is -0.546. The van der Waals surface area contributed by atoms with Gasteiger partial charge in [0.2, 0.25) is 0 Å². The van der Waals surface area contributed by atoms with Gasteiger partial charge < -0.3 is 4.90 Å². The minimum absolute atomic E-state index is 0.135. The van der Waals surface area contributed by atoms with Crippen molar-refractivity contribution >= 4 is 23.2 Å². The average Bonchev–Trinajstić information content (AvgIpc) is 3.28. The third-order valence-corrected chi connectivity index (χ3v) is 4.65. The molecule has 25 heavy (non-hydrogen) atoms. The lowest BCUT2D eigenvalue weighted by molar-refractivity contribution is -0.212. The summed E-state index contributed by atoms with van der Waals surface area (Å²) in [6, 6.07) is 0. The number of alkyl halides is 3. The summed E-state index contributed by atoms with van der Waals surface area (Å²) < 4.78 is 39.3. The number of aromatic nitrogens is 5. The molecule has 1 amide bonds. The zero-order valence-corrected chi connectivity index (χ0v) is 13.5. The molecule has 4 rings (SSSR count). The predicted molar refractivity (Wildman–Crippen MR) is 79.8 cm³/mol. The minimum atomic E-state index is -4.66. The molecule has 3 aromatic rings. The second kappa shape index (κ2) is 5.19. The quantitative estimate of drug-likeness (QED) is 0.660. The van der Waals surface area contributed by atoms with E-state index in [2.05, 4.69) is 15.2 Å². The van der Waals surface area contributed by atoms with Crippen LogP contribution in [0.3, 0.4) is 0 Å². The third-order valence-electron chi connectivity index (χ3n) is 4.20. The maximum absolute atomic E-state index is 12.6. The molecule has 11 heteroatoms. The van der Waals surface area contributed by atoms with E-state index < -0.39 is 12.2 Å². The number of halogens is 4. The fourth-order valence-electron chi connectivity index (χ4n) is 2.93. The van der Waals surface area contributed by atoms with Crippen molar-refractivity contribution in [1.82, 2.24) is 29.3 Å². The number of pyridine rings is 1. The Balaban J connectivity index is 1.69. The van der Waals surface area contributed by atoms with Crippen molar-refractivity contribution in [2.24, 2.45) is 0 Å². The summed E-state index contributed by atoms with van der Waals surface area (Å²) >= 11 is 6.28. The Morgan fingerprint density at radius 3 is 2.72 bits per heavy atom. The predicted octanol–water partition coefficient (Wildman–Crippen LogP) is 2.52. The molecule has 130 valence electrons. The Morgan fingerprint density at radius 1 is 1.28 bits per heavy atom. The van der Waals surface area contributed by atoms with Crippen LogP contribution in [-0.2, 0) is 19.4 Å². The summed E-state index contributed by atoms with van der Waals surface area (Å²) in [4.78, 5) is 18.1. The Morgan fingerprint density at radius 2 is 2.04 bits per heavy atom. The molecule has 0 N–H and O–H groups in total. The van der Waals surface area contributed by atoms with Crippen LogP contribution >= 0.6 is 11.6 Å². The Bertz CT molecular complexity index is 1010. The average molecular weight is 371 g/mol. The molecule has 4 heterocycles. The smallest absolute Gasteiger partial charge is 0.328 e. The molecule has 0 saturated heterocycles. The number of hydrogen-bond donors (Lipinski definition) is 0. The molecule has 7 nitrogen and oxygen atoms in total. The SMILES string of the molecule is Cc1c2c(n3ncnc3c1Cl)CN(C(=O)c1cnn(C(F)(F)F)c1)C2. The Kier molecular flexibility index (Phi) is 3.29. The maximum Gasteiger partial charge on any atom is 0.504 e. The van der Waals surface area contributed by atoms with Gasteiger partial charge in [0.15, 0.2) is 5.65 Å². The molecule has 0 saturated carbocycles.